The Morgan fingerprint density at radius 3 is 2.57 bits per heavy atom. The number of anilines is 2. The minimum atomic E-state index is -0.535. The number of nitrogens with zero attached hydrogens (tertiary/aromatic N) is 1. The third-order valence-electron chi connectivity index (χ3n) is 4.29. The van der Waals surface area contributed by atoms with Crippen LogP contribution in [0, 0.1) is 11.8 Å². The fourth-order valence-electron chi connectivity index (χ4n) is 2.98. The molecule has 4 N–H and O–H groups in total. The zero-order valence-electron chi connectivity index (χ0n) is 12.2. The van der Waals surface area contributed by atoms with Gasteiger partial charge in [-0.3, -0.25) is 9.59 Å². The van der Waals surface area contributed by atoms with E-state index in [1.807, 2.05) is 0 Å². The molecule has 1 aliphatic heterocycles. The van der Waals surface area contributed by atoms with E-state index >= 15 is 0 Å². The van der Waals surface area contributed by atoms with Crippen LogP contribution >= 0.6 is 11.3 Å². The van der Waals surface area contributed by atoms with Crippen molar-refractivity contribution in [2.24, 2.45) is 17.6 Å². The number of primary amides is 1. The fraction of sp³-hybridized carbons (Fsp3) is 0.600. The van der Waals surface area contributed by atoms with E-state index in [1.54, 1.807) is 0 Å². The predicted octanol–water partition coefficient (Wildman–Crippen LogP) is 2.26. The average Bonchev–Trinajstić information content (AvgIpc) is 3.21. The fourth-order valence-corrected chi connectivity index (χ4v) is 4.26. The number of thiophene rings is 1. The van der Waals surface area contributed by atoms with Crippen molar-refractivity contribution >= 4 is 33.7 Å². The van der Waals surface area contributed by atoms with Crippen LogP contribution in [0.1, 0.15) is 52.6 Å². The summed E-state index contributed by atoms with van der Waals surface area (Å²) in [5.41, 5.74) is 12.2. The molecule has 0 radical (unpaired) electrons. The summed E-state index contributed by atoms with van der Waals surface area (Å²) in [6.45, 7) is 3.97. The Bertz CT molecular complexity index is 592. The van der Waals surface area contributed by atoms with Gasteiger partial charge in [-0.2, -0.15) is 0 Å². The molecule has 21 heavy (non-hydrogen) atoms. The Morgan fingerprint density at radius 1 is 1.29 bits per heavy atom. The van der Waals surface area contributed by atoms with Gasteiger partial charge in [0.2, 0.25) is 0 Å². The van der Waals surface area contributed by atoms with Crippen LogP contribution in [0.25, 0.3) is 0 Å². The summed E-state index contributed by atoms with van der Waals surface area (Å²) in [7, 11) is 0. The van der Waals surface area contributed by atoms with Crippen molar-refractivity contribution in [3.8, 4) is 0 Å². The van der Waals surface area contributed by atoms with Crippen LogP contribution in [-0.4, -0.2) is 24.8 Å². The summed E-state index contributed by atoms with van der Waals surface area (Å²) in [4.78, 5) is 26.8. The molecule has 1 amide bonds. The van der Waals surface area contributed by atoms with Gasteiger partial charge in [0.15, 0.2) is 5.78 Å². The third kappa shape index (κ3) is 2.64. The highest BCUT2D eigenvalue weighted by molar-refractivity contribution is 7.19. The highest BCUT2D eigenvalue weighted by Gasteiger charge is 2.36. The highest BCUT2D eigenvalue weighted by atomic mass is 32.1. The van der Waals surface area contributed by atoms with Crippen LogP contribution in [0.5, 0.6) is 0 Å². The standard InChI is InChI=1S/C15H21N3O2S/c1-8-3-2-6-18(7-8)15-10(14(17)20)11(16)13(21-15)12(19)9-4-5-9/h8-9H,2-7,16H2,1H3,(H2,17,20). The largest absolute Gasteiger partial charge is 0.397 e. The number of piperidine rings is 1. The Hall–Kier alpha value is -1.56. The summed E-state index contributed by atoms with van der Waals surface area (Å²) >= 11 is 1.35. The Labute approximate surface area is 128 Å². The van der Waals surface area contributed by atoms with Gasteiger partial charge >= 0.3 is 0 Å². The summed E-state index contributed by atoms with van der Waals surface area (Å²) < 4.78 is 0. The molecule has 1 aromatic heterocycles. The second-order valence-electron chi connectivity index (χ2n) is 6.22. The lowest BCUT2D eigenvalue weighted by molar-refractivity contribution is 0.0972. The molecule has 2 fully saturated rings. The summed E-state index contributed by atoms with van der Waals surface area (Å²) in [6.07, 6.45) is 4.14. The summed E-state index contributed by atoms with van der Waals surface area (Å²) in [5, 5.41) is 0.788. The number of hydrogen-bond acceptors (Lipinski definition) is 5. The SMILES string of the molecule is CC1CCCN(c2sc(C(=O)C3CC3)c(N)c2C(N)=O)C1. The molecule has 0 bridgehead atoms. The lowest BCUT2D eigenvalue weighted by Gasteiger charge is -2.32. The molecule has 5 nitrogen and oxygen atoms in total. The first-order chi connectivity index (χ1) is 9.99. The van der Waals surface area contributed by atoms with Crippen molar-refractivity contribution in [2.45, 2.75) is 32.6 Å². The maximum atomic E-state index is 12.3. The molecule has 2 heterocycles. The van der Waals surface area contributed by atoms with Crippen molar-refractivity contribution in [1.82, 2.24) is 0 Å². The minimum absolute atomic E-state index is 0.0799. The van der Waals surface area contributed by atoms with Gasteiger partial charge in [0, 0.05) is 19.0 Å². The number of ketones is 1. The van der Waals surface area contributed by atoms with Gasteiger partial charge in [0.1, 0.15) is 5.00 Å². The maximum absolute atomic E-state index is 12.3. The lowest BCUT2D eigenvalue weighted by Crippen LogP contribution is -2.35. The van der Waals surface area contributed by atoms with Crippen molar-refractivity contribution in [1.29, 1.82) is 0 Å². The topological polar surface area (TPSA) is 89.4 Å². The molecule has 1 unspecified atom stereocenters. The van der Waals surface area contributed by atoms with E-state index in [0.29, 0.717) is 16.4 Å². The minimum Gasteiger partial charge on any atom is -0.397 e. The van der Waals surface area contributed by atoms with Gasteiger partial charge in [-0.05, 0) is 31.6 Å². The number of hydrogen-bond donors (Lipinski definition) is 2. The van der Waals surface area contributed by atoms with Gasteiger partial charge in [0.05, 0.1) is 16.1 Å². The average molecular weight is 307 g/mol. The molecule has 1 atom stereocenters. The number of carbonyl (C=O) groups excluding carboxylic acids is 2. The molecule has 1 saturated carbocycles. The van der Waals surface area contributed by atoms with Crippen LogP contribution < -0.4 is 16.4 Å². The molecule has 1 aromatic rings. The van der Waals surface area contributed by atoms with Crippen molar-refractivity contribution in [2.75, 3.05) is 23.7 Å². The number of carbonyl (C=O) groups is 2. The zero-order chi connectivity index (χ0) is 15.1. The van der Waals surface area contributed by atoms with Crippen LogP contribution in [0.2, 0.25) is 0 Å². The van der Waals surface area contributed by atoms with Gasteiger partial charge in [-0.1, -0.05) is 6.92 Å². The molecule has 2 aliphatic rings. The van der Waals surface area contributed by atoms with Gasteiger partial charge < -0.3 is 16.4 Å². The van der Waals surface area contributed by atoms with Crippen LogP contribution in [0.4, 0.5) is 10.7 Å². The Balaban J connectivity index is 1.99. The molecule has 114 valence electrons. The van der Waals surface area contributed by atoms with E-state index in [2.05, 4.69) is 11.8 Å². The van der Waals surface area contributed by atoms with Crippen LogP contribution in [0.15, 0.2) is 0 Å². The van der Waals surface area contributed by atoms with E-state index in [-0.39, 0.29) is 17.4 Å². The van der Waals surface area contributed by atoms with Gasteiger partial charge in [-0.15, -0.1) is 11.3 Å². The normalized spacial score (nSPS) is 22.3. The zero-order valence-corrected chi connectivity index (χ0v) is 13.0. The van der Waals surface area contributed by atoms with Crippen molar-refractivity contribution in [3.63, 3.8) is 0 Å². The Morgan fingerprint density at radius 2 is 2.00 bits per heavy atom. The quantitative estimate of drug-likeness (QED) is 0.835. The number of nitrogens with two attached hydrogens (primary N) is 2. The second kappa shape index (κ2) is 5.33. The summed E-state index contributed by atoms with van der Waals surface area (Å²) in [5.74, 6) is 0.216. The smallest absolute Gasteiger partial charge is 0.253 e. The number of rotatable bonds is 4. The van der Waals surface area contributed by atoms with E-state index in [1.165, 1.54) is 17.8 Å². The molecule has 3 rings (SSSR count). The molecule has 0 aromatic carbocycles. The maximum Gasteiger partial charge on any atom is 0.253 e. The predicted molar refractivity (Wildman–Crippen MR) is 84.9 cm³/mol. The molecular formula is C15H21N3O2S. The number of nitrogen functional groups attached to an aromatic ring is 1. The van der Waals surface area contributed by atoms with Gasteiger partial charge in [-0.25, -0.2) is 0 Å². The van der Waals surface area contributed by atoms with E-state index in [0.717, 1.165) is 37.4 Å². The monoisotopic (exact) mass is 307 g/mol. The van der Waals surface area contributed by atoms with Crippen molar-refractivity contribution in [3.05, 3.63) is 10.4 Å². The van der Waals surface area contributed by atoms with E-state index < -0.39 is 5.91 Å². The van der Waals surface area contributed by atoms with E-state index in [4.69, 9.17) is 11.5 Å². The first-order valence-electron chi connectivity index (χ1n) is 7.50. The number of amides is 1. The van der Waals surface area contributed by atoms with E-state index in [9.17, 15) is 9.59 Å². The number of Topliss-reactive ketones (excluding diaryl/α,β-unsaturated/α-hetero) is 1. The molecule has 1 aliphatic carbocycles. The molecular weight excluding hydrogens is 286 g/mol. The molecule has 0 spiro atoms. The second-order valence-corrected chi connectivity index (χ2v) is 7.22. The summed E-state index contributed by atoms with van der Waals surface area (Å²) in [6, 6.07) is 0. The molecule has 1 saturated heterocycles. The molecule has 6 heteroatoms. The first-order valence-corrected chi connectivity index (χ1v) is 8.32. The van der Waals surface area contributed by atoms with Crippen LogP contribution in [0.3, 0.4) is 0 Å². The van der Waals surface area contributed by atoms with Crippen LogP contribution in [-0.2, 0) is 0 Å². The highest BCUT2D eigenvalue weighted by Crippen LogP contribution is 2.43. The third-order valence-corrected chi connectivity index (χ3v) is 5.57. The Kier molecular flexibility index (Phi) is 3.65. The first kappa shape index (κ1) is 14.4. The lowest BCUT2D eigenvalue weighted by atomic mass is 10.00. The van der Waals surface area contributed by atoms with Crippen molar-refractivity contribution < 1.29 is 9.59 Å². The van der Waals surface area contributed by atoms with Gasteiger partial charge in [0.25, 0.3) is 5.91 Å².